The molecule has 5 N–H and O–H groups in total. The maximum Gasteiger partial charge on any atom is 0.222 e. The van der Waals surface area contributed by atoms with Crippen molar-refractivity contribution in [1.82, 2.24) is 5.32 Å². The van der Waals surface area contributed by atoms with Crippen molar-refractivity contribution < 1.29 is 15.0 Å². The molecule has 0 aliphatic heterocycles. The molecule has 0 heterocycles. The van der Waals surface area contributed by atoms with Crippen molar-refractivity contribution in [2.24, 2.45) is 5.73 Å². The highest BCUT2D eigenvalue weighted by Crippen LogP contribution is 2.13. The summed E-state index contributed by atoms with van der Waals surface area (Å²) >= 11 is 0. The number of nitrogens with two attached hydrogens (primary N) is 1. The lowest BCUT2D eigenvalue weighted by Gasteiger charge is -2.09. The molecule has 1 amide bonds. The molecule has 5 nitrogen and oxygen atoms in total. The summed E-state index contributed by atoms with van der Waals surface area (Å²) in [5.41, 5.74) is 5.24. The van der Waals surface area contributed by atoms with E-state index in [9.17, 15) is 9.90 Å². The van der Waals surface area contributed by atoms with Crippen LogP contribution in [0.5, 0.6) is 0 Å². The fourth-order valence-electron chi connectivity index (χ4n) is 3.01. The van der Waals surface area contributed by atoms with Crippen LogP contribution >= 0.6 is 0 Å². The summed E-state index contributed by atoms with van der Waals surface area (Å²) in [6.45, 7) is 0.407. The maximum absolute atomic E-state index is 11.4. The summed E-state index contributed by atoms with van der Waals surface area (Å²) in [5.74, 6) is -0.105. The van der Waals surface area contributed by atoms with Gasteiger partial charge in [0.1, 0.15) is 6.23 Å². The number of amides is 1. The Kier molecular flexibility index (Phi) is 19.2. The van der Waals surface area contributed by atoms with E-state index < -0.39 is 6.23 Å². The van der Waals surface area contributed by atoms with Gasteiger partial charge in [0.05, 0.1) is 0 Å². The van der Waals surface area contributed by atoms with Crippen molar-refractivity contribution in [2.75, 3.05) is 13.2 Å². The van der Waals surface area contributed by atoms with E-state index in [0.29, 0.717) is 13.0 Å². The van der Waals surface area contributed by atoms with Crippen LogP contribution in [0.2, 0.25) is 0 Å². The fourth-order valence-corrected chi connectivity index (χ4v) is 3.01. The second-order valence-electron chi connectivity index (χ2n) is 7.10. The number of nitrogens with one attached hydrogen (secondary N) is 1. The van der Waals surface area contributed by atoms with Gasteiger partial charge in [-0.05, 0) is 12.8 Å². The Balaban J connectivity index is 3.11. The number of hydrogen-bond donors (Lipinski definition) is 4. The third-order valence-corrected chi connectivity index (χ3v) is 4.61. The number of aliphatic hydroxyl groups is 2. The molecule has 150 valence electrons. The number of hydrogen-bond acceptors (Lipinski definition) is 4. The van der Waals surface area contributed by atoms with E-state index in [0.717, 1.165) is 19.3 Å². The van der Waals surface area contributed by atoms with Crippen molar-refractivity contribution in [3.05, 3.63) is 0 Å². The predicted octanol–water partition coefficient (Wildman–Crippen LogP) is 3.61. The molecule has 1 atom stereocenters. The molecule has 1 unspecified atom stereocenters. The summed E-state index contributed by atoms with van der Waals surface area (Å²) in [7, 11) is 0. The number of unbranched alkanes of at least 4 members (excludes halogenated alkanes) is 14. The smallest absolute Gasteiger partial charge is 0.222 e. The first kappa shape index (κ1) is 24.4. The average molecular weight is 359 g/mol. The second kappa shape index (κ2) is 19.7. The molecule has 0 rings (SSSR count). The Labute approximate surface area is 154 Å². The first-order valence-corrected chi connectivity index (χ1v) is 10.5. The van der Waals surface area contributed by atoms with Gasteiger partial charge in [0, 0.05) is 19.6 Å². The molecule has 0 aromatic heterocycles. The van der Waals surface area contributed by atoms with Gasteiger partial charge in [0.15, 0.2) is 0 Å². The summed E-state index contributed by atoms with van der Waals surface area (Å²) in [6, 6.07) is 0. The van der Waals surface area contributed by atoms with Crippen molar-refractivity contribution in [3.63, 3.8) is 0 Å². The molecule has 0 aromatic rings. The van der Waals surface area contributed by atoms with E-state index in [1.807, 2.05) is 0 Å². The monoisotopic (exact) mass is 358 g/mol. The SMILES string of the molecule is NCC(O)NC(=O)CCCCCCCCCCCCCCCCCO. The Morgan fingerprint density at radius 3 is 1.44 bits per heavy atom. The third kappa shape index (κ3) is 19.5. The second-order valence-corrected chi connectivity index (χ2v) is 7.10. The van der Waals surface area contributed by atoms with Gasteiger partial charge in [0.2, 0.25) is 5.91 Å². The van der Waals surface area contributed by atoms with E-state index >= 15 is 0 Å². The minimum absolute atomic E-state index is 0.0658. The zero-order valence-corrected chi connectivity index (χ0v) is 16.2. The Bertz CT molecular complexity index is 288. The Morgan fingerprint density at radius 2 is 1.08 bits per heavy atom. The van der Waals surface area contributed by atoms with E-state index in [1.54, 1.807) is 0 Å². The number of carbonyl (C=O) groups is 1. The molecule has 0 aromatic carbocycles. The molecule has 5 heteroatoms. The quantitative estimate of drug-likeness (QED) is 0.209. The first-order valence-electron chi connectivity index (χ1n) is 10.5. The topological polar surface area (TPSA) is 95.6 Å². The predicted molar refractivity (Wildman–Crippen MR) is 104 cm³/mol. The van der Waals surface area contributed by atoms with Gasteiger partial charge in [0.25, 0.3) is 0 Å². The summed E-state index contributed by atoms with van der Waals surface area (Å²) in [4.78, 5) is 11.4. The van der Waals surface area contributed by atoms with Gasteiger partial charge in [-0.3, -0.25) is 4.79 Å². The van der Waals surface area contributed by atoms with Crippen LogP contribution in [0, 0.1) is 0 Å². The molecule has 0 saturated heterocycles. The lowest BCUT2D eigenvalue weighted by atomic mass is 10.0. The molecule has 0 fully saturated rings. The molecular weight excluding hydrogens is 316 g/mol. The van der Waals surface area contributed by atoms with Crippen molar-refractivity contribution in [3.8, 4) is 0 Å². The molecule has 0 radical (unpaired) electrons. The average Bonchev–Trinajstić information content (AvgIpc) is 2.61. The summed E-state index contributed by atoms with van der Waals surface area (Å²) < 4.78 is 0. The normalized spacial score (nSPS) is 12.3. The van der Waals surface area contributed by atoms with Gasteiger partial charge in [-0.2, -0.15) is 0 Å². The van der Waals surface area contributed by atoms with E-state index in [1.165, 1.54) is 77.0 Å². The highest BCUT2D eigenvalue weighted by molar-refractivity contribution is 5.75. The van der Waals surface area contributed by atoms with Gasteiger partial charge in [-0.1, -0.05) is 83.5 Å². The van der Waals surface area contributed by atoms with Crippen molar-refractivity contribution in [2.45, 2.75) is 109 Å². The molecule has 0 aliphatic carbocycles. The lowest BCUT2D eigenvalue weighted by molar-refractivity contribution is -0.124. The van der Waals surface area contributed by atoms with Crippen LogP contribution in [0.3, 0.4) is 0 Å². The lowest BCUT2D eigenvalue weighted by Crippen LogP contribution is -2.39. The van der Waals surface area contributed by atoms with E-state index in [-0.39, 0.29) is 12.5 Å². The van der Waals surface area contributed by atoms with Gasteiger partial charge in [-0.15, -0.1) is 0 Å². The largest absolute Gasteiger partial charge is 0.396 e. The van der Waals surface area contributed by atoms with Gasteiger partial charge < -0.3 is 21.3 Å². The van der Waals surface area contributed by atoms with Crippen LogP contribution in [0.4, 0.5) is 0 Å². The highest BCUT2D eigenvalue weighted by atomic mass is 16.3. The van der Waals surface area contributed by atoms with Crippen LogP contribution < -0.4 is 11.1 Å². The van der Waals surface area contributed by atoms with Crippen molar-refractivity contribution >= 4 is 5.91 Å². The summed E-state index contributed by atoms with van der Waals surface area (Å²) in [5, 5.41) is 20.4. The van der Waals surface area contributed by atoms with E-state index in [4.69, 9.17) is 10.8 Å². The fraction of sp³-hybridized carbons (Fsp3) is 0.950. The molecule has 0 aliphatic rings. The van der Waals surface area contributed by atoms with E-state index in [2.05, 4.69) is 5.32 Å². The molecule has 25 heavy (non-hydrogen) atoms. The minimum Gasteiger partial charge on any atom is -0.396 e. The number of carbonyl (C=O) groups excluding carboxylic acids is 1. The van der Waals surface area contributed by atoms with Gasteiger partial charge in [-0.25, -0.2) is 0 Å². The van der Waals surface area contributed by atoms with Crippen LogP contribution in [-0.4, -0.2) is 35.5 Å². The molecular formula is C20H42N2O3. The number of rotatable bonds is 19. The molecule has 0 spiro atoms. The zero-order valence-electron chi connectivity index (χ0n) is 16.2. The van der Waals surface area contributed by atoms with Crippen LogP contribution in [0.1, 0.15) is 103 Å². The highest BCUT2D eigenvalue weighted by Gasteiger charge is 2.05. The third-order valence-electron chi connectivity index (χ3n) is 4.61. The zero-order chi connectivity index (χ0) is 18.6. The van der Waals surface area contributed by atoms with Crippen LogP contribution in [-0.2, 0) is 4.79 Å². The minimum atomic E-state index is -0.904. The maximum atomic E-state index is 11.4. The Morgan fingerprint density at radius 1 is 0.720 bits per heavy atom. The van der Waals surface area contributed by atoms with Crippen LogP contribution in [0.15, 0.2) is 0 Å². The summed E-state index contributed by atoms with van der Waals surface area (Å²) in [6.07, 6.45) is 18.2. The van der Waals surface area contributed by atoms with Crippen LogP contribution in [0.25, 0.3) is 0 Å². The van der Waals surface area contributed by atoms with Gasteiger partial charge >= 0.3 is 0 Å². The Hall–Kier alpha value is -0.650. The van der Waals surface area contributed by atoms with Crippen molar-refractivity contribution in [1.29, 1.82) is 0 Å². The molecule has 0 saturated carbocycles. The first-order chi connectivity index (χ1) is 12.2. The standard InChI is InChI=1S/C20H42N2O3/c21-18-20(25)22-19(24)16-14-12-10-8-6-4-2-1-3-5-7-9-11-13-15-17-23/h20,23,25H,1-18,21H2,(H,22,24). The number of aliphatic hydroxyl groups excluding tert-OH is 2. The molecule has 0 bridgehead atoms.